The van der Waals surface area contributed by atoms with Crippen molar-refractivity contribution in [3.05, 3.63) is 88.4 Å². The van der Waals surface area contributed by atoms with Gasteiger partial charge in [-0.05, 0) is 73.0 Å². The number of benzene rings is 3. The van der Waals surface area contributed by atoms with Crippen LogP contribution in [-0.2, 0) is 16.3 Å². The maximum Gasteiger partial charge on any atom is 0.417 e. The highest BCUT2D eigenvalue weighted by Gasteiger charge is 2.37. The first kappa shape index (κ1) is 29.4. The quantitative estimate of drug-likeness (QED) is 0.316. The third-order valence-electron chi connectivity index (χ3n) is 7.36. The first-order valence-electron chi connectivity index (χ1n) is 12.9. The summed E-state index contributed by atoms with van der Waals surface area (Å²) in [5.74, 6) is 0. The molecule has 0 saturated carbocycles. The maximum absolute atomic E-state index is 13.2. The van der Waals surface area contributed by atoms with Crippen LogP contribution in [0.3, 0.4) is 0 Å². The zero-order valence-electron chi connectivity index (χ0n) is 22.0. The van der Waals surface area contributed by atoms with Crippen molar-refractivity contribution in [3.63, 3.8) is 0 Å². The van der Waals surface area contributed by atoms with Crippen LogP contribution < -0.4 is 10.6 Å². The van der Waals surface area contributed by atoms with E-state index in [1.54, 1.807) is 13.2 Å². The monoisotopic (exact) mass is 570 g/mol. The molecule has 1 aliphatic rings. The number of anilines is 1. The number of carbonyl (C=O) groups is 1. The number of hydrogen-bond donors (Lipinski definition) is 2. The summed E-state index contributed by atoms with van der Waals surface area (Å²) in [7, 11) is 1.67. The average molecular weight is 571 g/mol. The topological polar surface area (TPSA) is 77.4 Å². The number of hydrogen-bond acceptors (Lipinski definition) is 4. The molecule has 1 fully saturated rings. The van der Waals surface area contributed by atoms with Crippen LogP contribution in [0.25, 0.3) is 11.1 Å². The van der Waals surface area contributed by atoms with E-state index >= 15 is 0 Å². The molecule has 6 nitrogen and oxygen atoms in total. The van der Waals surface area contributed by atoms with Gasteiger partial charge in [0.05, 0.1) is 28.8 Å². The van der Waals surface area contributed by atoms with Crippen LogP contribution in [0, 0.1) is 11.3 Å². The lowest BCUT2D eigenvalue weighted by Gasteiger charge is -2.42. The van der Waals surface area contributed by atoms with E-state index in [2.05, 4.69) is 21.6 Å². The van der Waals surface area contributed by atoms with Gasteiger partial charge in [0, 0.05) is 31.3 Å². The fourth-order valence-electron chi connectivity index (χ4n) is 5.02. The van der Waals surface area contributed by atoms with Crippen molar-refractivity contribution in [2.24, 2.45) is 0 Å². The van der Waals surface area contributed by atoms with Crippen molar-refractivity contribution < 1.29 is 22.7 Å². The van der Waals surface area contributed by atoms with Crippen molar-refractivity contribution in [3.8, 4) is 17.2 Å². The van der Waals surface area contributed by atoms with Crippen LogP contribution in [0.4, 0.5) is 23.7 Å². The molecule has 0 aliphatic carbocycles. The fraction of sp³-hybridized carbons (Fsp3) is 0.333. The lowest BCUT2D eigenvalue weighted by atomic mass is 9.72. The molecule has 0 radical (unpaired) electrons. The first-order valence-corrected chi connectivity index (χ1v) is 13.3. The van der Waals surface area contributed by atoms with Gasteiger partial charge in [-0.2, -0.15) is 18.4 Å². The highest BCUT2D eigenvalue weighted by molar-refractivity contribution is 6.31. The van der Waals surface area contributed by atoms with Gasteiger partial charge in [-0.15, -0.1) is 0 Å². The Morgan fingerprint density at radius 3 is 2.45 bits per heavy atom. The van der Waals surface area contributed by atoms with E-state index in [1.165, 1.54) is 6.07 Å². The van der Waals surface area contributed by atoms with Gasteiger partial charge < -0.3 is 20.3 Å². The predicted octanol–water partition coefficient (Wildman–Crippen LogP) is 6.70. The SMILES string of the molecule is COCCN1CCC(CNC(=O)Nc2ccc(Cl)c(C(F)(F)F)c2)(c2ccc(-c3cccc(C#N)c3)cc2)CC1. The number of amides is 2. The lowest BCUT2D eigenvalue weighted by molar-refractivity contribution is -0.137. The van der Waals surface area contributed by atoms with Gasteiger partial charge in [-0.3, -0.25) is 0 Å². The molecule has 3 aromatic carbocycles. The number of nitrogens with zero attached hydrogens (tertiary/aromatic N) is 2. The standard InChI is InChI=1S/C30H30ClF3N4O2/c1-40-16-15-38-13-11-29(12-14-38,24-7-5-22(6-8-24)23-4-2-3-21(17-23)19-35)20-36-28(39)37-25-9-10-27(31)26(18-25)30(32,33)34/h2-10,17-18H,11-16,20H2,1H3,(H2,36,37,39). The molecule has 0 unspecified atom stereocenters. The molecule has 2 N–H and O–H groups in total. The number of piperidine rings is 1. The van der Waals surface area contributed by atoms with Crippen molar-refractivity contribution in [1.82, 2.24) is 10.2 Å². The van der Waals surface area contributed by atoms with Gasteiger partial charge in [0.15, 0.2) is 0 Å². The van der Waals surface area contributed by atoms with E-state index in [0.29, 0.717) is 18.7 Å². The second-order valence-corrected chi connectivity index (χ2v) is 10.3. The zero-order valence-corrected chi connectivity index (χ0v) is 22.8. The van der Waals surface area contributed by atoms with Crippen molar-refractivity contribution in [1.29, 1.82) is 5.26 Å². The van der Waals surface area contributed by atoms with E-state index in [0.717, 1.165) is 61.3 Å². The second-order valence-electron chi connectivity index (χ2n) is 9.88. The van der Waals surface area contributed by atoms with Crippen molar-refractivity contribution >= 4 is 23.3 Å². The molecule has 0 aromatic heterocycles. The summed E-state index contributed by atoms with van der Waals surface area (Å²) in [6, 6.07) is 20.4. The number of rotatable bonds is 8. The number of nitrogens with one attached hydrogen (secondary N) is 2. The Kier molecular flexibility index (Phi) is 9.36. The van der Waals surface area contributed by atoms with Crippen LogP contribution in [0.1, 0.15) is 29.5 Å². The number of methoxy groups -OCH3 is 1. The number of urea groups is 1. The van der Waals surface area contributed by atoms with Gasteiger partial charge in [-0.1, -0.05) is 48.0 Å². The van der Waals surface area contributed by atoms with Crippen LogP contribution in [0.2, 0.25) is 5.02 Å². The third-order valence-corrected chi connectivity index (χ3v) is 7.69. The minimum Gasteiger partial charge on any atom is -0.383 e. The molecule has 210 valence electrons. The molecule has 40 heavy (non-hydrogen) atoms. The Hall–Kier alpha value is -3.58. The zero-order chi connectivity index (χ0) is 28.8. The molecule has 10 heteroatoms. The highest BCUT2D eigenvalue weighted by Crippen LogP contribution is 2.37. The highest BCUT2D eigenvalue weighted by atomic mass is 35.5. The normalized spacial score (nSPS) is 15.3. The minimum absolute atomic E-state index is 0.00149. The molecule has 0 atom stereocenters. The molecular formula is C30H30ClF3N4O2. The van der Waals surface area contributed by atoms with E-state index in [4.69, 9.17) is 16.3 Å². The van der Waals surface area contributed by atoms with Gasteiger partial charge in [-0.25, -0.2) is 4.79 Å². The predicted molar refractivity (Wildman–Crippen MR) is 149 cm³/mol. The summed E-state index contributed by atoms with van der Waals surface area (Å²) in [4.78, 5) is 15.1. The summed E-state index contributed by atoms with van der Waals surface area (Å²) in [5, 5.41) is 14.2. The van der Waals surface area contributed by atoms with E-state index < -0.39 is 22.8 Å². The van der Waals surface area contributed by atoms with E-state index in [-0.39, 0.29) is 11.1 Å². The molecule has 0 spiro atoms. The largest absolute Gasteiger partial charge is 0.417 e. The van der Waals surface area contributed by atoms with Crippen LogP contribution >= 0.6 is 11.6 Å². The van der Waals surface area contributed by atoms with Crippen LogP contribution in [0.15, 0.2) is 66.7 Å². The Morgan fingerprint density at radius 1 is 1.07 bits per heavy atom. The van der Waals surface area contributed by atoms with Gasteiger partial charge in [0.2, 0.25) is 0 Å². The summed E-state index contributed by atoms with van der Waals surface area (Å²) in [5.41, 5.74) is 2.18. The van der Waals surface area contributed by atoms with Crippen LogP contribution in [-0.4, -0.2) is 50.8 Å². The smallest absolute Gasteiger partial charge is 0.383 e. The first-order chi connectivity index (χ1) is 19.1. The van der Waals surface area contributed by atoms with Gasteiger partial charge in [0.1, 0.15) is 0 Å². The molecule has 1 saturated heterocycles. The minimum atomic E-state index is -4.63. The number of likely N-dealkylation sites (tertiary alicyclic amines) is 1. The van der Waals surface area contributed by atoms with E-state index in [9.17, 15) is 23.2 Å². The molecule has 2 amide bonds. The molecular weight excluding hydrogens is 541 g/mol. The molecule has 1 heterocycles. The fourth-order valence-corrected chi connectivity index (χ4v) is 5.25. The summed E-state index contributed by atoms with van der Waals surface area (Å²) < 4.78 is 44.9. The van der Waals surface area contributed by atoms with Gasteiger partial charge >= 0.3 is 12.2 Å². The molecule has 0 bridgehead atoms. The third kappa shape index (κ3) is 7.13. The van der Waals surface area contributed by atoms with Crippen LogP contribution in [0.5, 0.6) is 0 Å². The van der Waals surface area contributed by atoms with Crippen molar-refractivity contribution in [2.75, 3.05) is 45.2 Å². The lowest BCUT2D eigenvalue weighted by Crippen LogP contribution is -2.50. The second kappa shape index (κ2) is 12.7. The number of carbonyl (C=O) groups excluding carboxylic acids is 1. The van der Waals surface area contributed by atoms with E-state index in [1.807, 2.05) is 42.5 Å². The summed E-state index contributed by atoms with van der Waals surface area (Å²) in [6.07, 6.45) is -3.08. The molecule has 4 rings (SSSR count). The number of alkyl halides is 3. The molecule has 1 aliphatic heterocycles. The Labute approximate surface area is 236 Å². The summed E-state index contributed by atoms with van der Waals surface area (Å²) >= 11 is 5.70. The Morgan fingerprint density at radius 2 is 1.80 bits per heavy atom. The summed E-state index contributed by atoms with van der Waals surface area (Å²) in [6.45, 7) is 3.37. The number of nitriles is 1. The number of halogens is 4. The molecule has 3 aromatic rings. The van der Waals surface area contributed by atoms with Crippen molar-refractivity contribution in [2.45, 2.75) is 24.4 Å². The maximum atomic E-state index is 13.2. The average Bonchev–Trinajstić information content (AvgIpc) is 2.96. The van der Waals surface area contributed by atoms with Gasteiger partial charge in [0.25, 0.3) is 0 Å². The Bertz CT molecular complexity index is 1360. The Balaban J connectivity index is 1.51. The number of ether oxygens (including phenoxy) is 1.